The lowest BCUT2D eigenvalue weighted by atomic mass is 10.0. The van der Waals surface area contributed by atoms with Crippen molar-refractivity contribution in [1.82, 2.24) is 4.98 Å². The van der Waals surface area contributed by atoms with Gasteiger partial charge >= 0.3 is 0 Å². The zero-order valence-electron chi connectivity index (χ0n) is 11.5. The van der Waals surface area contributed by atoms with Gasteiger partial charge in [0, 0.05) is 18.3 Å². The van der Waals surface area contributed by atoms with Crippen LogP contribution in [0.5, 0.6) is 5.75 Å². The van der Waals surface area contributed by atoms with Crippen LogP contribution >= 0.6 is 0 Å². The van der Waals surface area contributed by atoms with Crippen LogP contribution < -0.4 is 10.5 Å². The molecule has 3 nitrogen and oxygen atoms in total. The first-order valence-corrected chi connectivity index (χ1v) is 6.56. The summed E-state index contributed by atoms with van der Waals surface area (Å²) in [5.41, 5.74) is 8.88. The van der Waals surface area contributed by atoms with Gasteiger partial charge in [-0.3, -0.25) is 4.98 Å². The van der Waals surface area contributed by atoms with E-state index in [2.05, 4.69) is 31.0 Å². The molecule has 0 radical (unpaired) electrons. The Bertz CT molecular complexity index is 538. The average Bonchev–Trinajstić information content (AvgIpc) is 2.45. The van der Waals surface area contributed by atoms with E-state index in [-0.39, 0.29) is 0 Å². The van der Waals surface area contributed by atoms with Gasteiger partial charge in [-0.2, -0.15) is 0 Å². The van der Waals surface area contributed by atoms with Crippen molar-refractivity contribution in [3.8, 4) is 5.75 Å². The number of nitrogens with two attached hydrogens (primary N) is 1. The third kappa shape index (κ3) is 3.55. The van der Waals surface area contributed by atoms with Crippen molar-refractivity contribution in [3.63, 3.8) is 0 Å². The van der Waals surface area contributed by atoms with Crippen molar-refractivity contribution in [2.24, 2.45) is 5.73 Å². The van der Waals surface area contributed by atoms with Gasteiger partial charge in [0.25, 0.3) is 0 Å². The van der Waals surface area contributed by atoms with Gasteiger partial charge in [0.2, 0.25) is 0 Å². The fourth-order valence-corrected chi connectivity index (χ4v) is 1.91. The summed E-state index contributed by atoms with van der Waals surface area (Å²) in [6.45, 7) is 5.28. The highest BCUT2D eigenvalue weighted by atomic mass is 16.5. The summed E-state index contributed by atoms with van der Waals surface area (Å²) in [5, 5.41) is 0. The van der Waals surface area contributed by atoms with Gasteiger partial charge in [-0.15, -0.1) is 0 Å². The summed E-state index contributed by atoms with van der Waals surface area (Å²) in [4.78, 5) is 4.25. The largest absolute Gasteiger partial charge is 0.489 e. The minimum atomic E-state index is 0.436. The van der Waals surface area contributed by atoms with Gasteiger partial charge in [0.15, 0.2) is 0 Å². The van der Waals surface area contributed by atoms with Crippen molar-refractivity contribution in [3.05, 3.63) is 59.4 Å². The molecule has 2 N–H and O–H groups in total. The topological polar surface area (TPSA) is 48.1 Å². The molecule has 0 unspecified atom stereocenters. The van der Waals surface area contributed by atoms with Crippen molar-refractivity contribution >= 4 is 0 Å². The maximum Gasteiger partial charge on any atom is 0.120 e. The van der Waals surface area contributed by atoms with Crippen LogP contribution in [-0.4, -0.2) is 4.98 Å². The second-order valence-electron chi connectivity index (χ2n) is 4.83. The van der Waals surface area contributed by atoms with Gasteiger partial charge in [0.1, 0.15) is 12.4 Å². The van der Waals surface area contributed by atoms with Gasteiger partial charge in [-0.1, -0.05) is 32.0 Å². The van der Waals surface area contributed by atoms with E-state index < -0.39 is 0 Å². The SMILES string of the molecule is CC(C)c1cccc(OCc2cccnc2CN)c1. The quantitative estimate of drug-likeness (QED) is 0.893. The number of hydrogen-bond acceptors (Lipinski definition) is 3. The molecule has 3 heteroatoms. The van der Waals surface area contributed by atoms with Crippen LogP contribution in [0.25, 0.3) is 0 Å². The highest BCUT2D eigenvalue weighted by Crippen LogP contribution is 2.21. The van der Waals surface area contributed by atoms with E-state index in [0.717, 1.165) is 17.0 Å². The predicted octanol–water partition coefficient (Wildman–Crippen LogP) is 3.24. The van der Waals surface area contributed by atoms with Gasteiger partial charge in [0.05, 0.1) is 5.69 Å². The summed E-state index contributed by atoms with van der Waals surface area (Å²) in [7, 11) is 0. The molecule has 0 saturated carbocycles. The molecule has 2 aromatic rings. The smallest absolute Gasteiger partial charge is 0.120 e. The molecular formula is C16H20N2O. The van der Waals surface area contributed by atoms with E-state index in [1.807, 2.05) is 24.3 Å². The van der Waals surface area contributed by atoms with E-state index in [0.29, 0.717) is 19.1 Å². The van der Waals surface area contributed by atoms with E-state index >= 15 is 0 Å². The monoisotopic (exact) mass is 256 g/mol. The first kappa shape index (κ1) is 13.6. The molecule has 0 aliphatic carbocycles. The van der Waals surface area contributed by atoms with Crippen LogP contribution in [0.2, 0.25) is 0 Å². The van der Waals surface area contributed by atoms with Crippen LogP contribution in [0, 0.1) is 0 Å². The molecule has 0 bridgehead atoms. The lowest BCUT2D eigenvalue weighted by Crippen LogP contribution is -2.06. The minimum absolute atomic E-state index is 0.436. The summed E-state index contributed by atoms with van der Waals surface area (Å²) < 4.78 is 5.83. The number of rotatable bonds is 5. The molecule has 0 saturated heterocycles. The molecule has 0 amide bonds. The Morgan fingerprint density at radius 1 is 1.21 bits per heavy atom. The Kier molecular flexibility index (Phi) is 4.53. The maximum atomic E-state index is 5.83. The summed E-state index contributed by atoms with van der Waals surface area (Å²) in [5.74, 6) is 1.39. The van der Waals surface area contributed by atoms with E-state index in [9.17, 15) is 0 Å². The standard InChI is InChI=1S/C16H20N2O/c1-12(2)13-5-3-7-15(9-13)19-11-14-6-4-8-18-16(14)10-17/h3-9,12H,10-11,17H2,1-2H3. The van der Waals surface area contributed by atoms with Crippen LogP contribution in [0.1, 0.15) is 36.6 Å². The number of pyridine rings is 1. The van der Waals surface area contributed by atoms with Crippen LogP contribution in [0.15, 0.2) is 42.6 Å². The number of aromatic nitrogens is 1. The van der Waals surface area contributed by atoms with Crippen LogP contribution in [-0.2, 0) is 13.2 Å². The third-order valence-electron chi connectivity index (χ3n) is 3.10. The second kappa shape index (κ2) is 6.34. The van der Waals surface area contributed by atoms with E-state index in [4.69, 9.17) is 10.5 Å². The van der Waals surface area contributed by atoms with Crippen molar-refractivity contribution < 1.29 is 4.74 Å². The maximum absolute atomic E-state index is 5.83. The van der Waals surface area contributed by atoms with E-state index in [1.165, 1.54) is 5.56 Å². The molecule has 100 valence electrons. The number of ether oxygens (including phenoxy) is 1. The van der Waals surface area contributed by atoms with Gasteiger partial charge < -0.3 is 10.5 Å². The molecular weight excluding hydrogens is 236 g/mol. The zero-order valence-corrected chi connectivity index (χ0v) is 11.5. The highest BCUT2D eigenvalue weighted by molar-refractivity contribution is 5.30. The third-order valence-corrected chi connectivity index (χ3v) is 3.10. The summed E-state index contributed by atoms with van der Waals surface area (Å²) in [6.07, 6.45) is 1.76. The zero-order chi connectivity index (χ0) is 13.7. The fraction of sp³-hybridized carbons (Fsp3) is 0.312. The first-order valence-electron chi connectivity index (χ1n) is 6.56. The Balaban J connectivity index is 2.08. The van der Waals surface area contributed by atoms with Crippen LogP contribution in [0.3, 0.4) is 0 Å². The van der Waals surface area contributed by atoms with Gasteiger partial charge in [-0.05, 0) is 29.7 Å². The molecule has 1 aromatic carbocycles. The Hall–Kier alpha value is -1.87. The summed E-state index contributed by atoms with van der Waals surface area (Å²) in [6, 6.07) is 12.1. The second-order valence-corrected chi connectivity index (χ2v) is 4.83. The average molecular weight is 256 g/mol. The van der Waals surface area contributed by atoms with Crippen molar-refractivity contribution in [2.45, 2.75) is 32.9 Å². The van der Waals surface area contributed by atoms with Gasteiger partial charge in [-0.25, -0.2) is 0 Å². The number of hydrogen-bond donors (Lipinski definition) is 1. The fourth-order valence-electron chi connectivity index (χ4n) is 1.91. The van der Waals surface area contributed by atoms with Crippen molar-refractivity contribution in [2.75, 3.05) is 0 Å². The lowest BCUT2D eigenvalue weighted by molar-refractivity contribution is 0.304. The molecule has 0 aliphatic heterocycles. The molecule has 0 spiro atoms. The highest BCUT2D eigenvalue weighted by Gasteiger charge is 2.04. The van der Waals surface area contributed by atoms with E-state index in [1.54, 1.807) is 6.20 Å². The molecule has 1 heterocycles. The molecule has 0 aliphatic rings. The van der Waals surface area contributed by atoms with Crippen molar-refractivity contribution in [1.29, 1.82) is 0 Å². The lowest BCUT2D eigenvalue weighted by Gasteiger charge is -2.11. The number of nitrogens with zero attached hydrogens (tertiary/aromatic N) is 1. The predicted molar refractivity (Wildman–Crippen MR) is 77.0 cm³/mol. The molecule has 0 fully saturated rings. The normalized spacial score (nSPS) is 10.7. The Labute approximate surface area is 114 Å². The molecule has 19 heavy (non-hydrogen) atoms. The minimum Gasteiger partial charge on any atom is -0.489 e. The Morgan fingerprint density at radius 2 is 2.05 bits per heavy atom. The first-order chi connectivity index (χ1) is 9.20. The molecule has 0 atom stereocenters. The molecule has 2 rings (SSSR count). The summed E-state index contributed by atoms with van der Waals surface area (Å²) >= 11 is 0. The number of benzene rings is 1. The molecule has 1 aromatic heterocycles. The van der Waals surface area contributed by atoms with Crippen LogP contribution in [0.4, 0.5) is 0 Å². The Morgan fingerprint density at radius 3 is 2.79 bits per heavy atom.